The summed E-state index contributed by atoms with van der Waals surface area (Å²) in [6.07, 6.45) is 3.20. The normalized spacial score (nSPS) is 17.1. The predicted molar refractivity (Wildman–Crippen MR) is 186 cm³/mol. The summed E-state index contributed by atoms with van der Waals surface area (Å²) in [4.78, 5) is 89.2. The first kappa shape index (κ1) is 38.0. The van der Waals surface area contributed by atoms with Gasteiger partial charge in [-0.05, 0) is 18.8 Å². The first-order chi connectivity index (χ1) is 25.0. The van der Waals surface area contributed by atoms with Crippen LogP contribution in [0, 0.1) is 5.92 Å². The Morgan fingerprint density at radius 1 is 1.19 bits per heavy atom. The summed E-state index contributed by atoms with van der Waals surface area (Å²) in [6, 6.07) is 0.777. The van der Waals surface area contributed by atoms with E-state index >= 15 is 0 Å². The molecule has 2 aliphatic rings. The van der Waals surface area contributed by atoms with Crippen LogP contribution in [-0.4, -0.2) is 105 Å². The number of anilines is 3. The summed E-state index contributed by atoms with van der Waals surface area (Å²) >= 11 is 2.28. The predicted octanol–water partition coefficient (Wildman–Crippen LogP) is -0.950. The van der Waals surface area contributed by atoms with Gasteiger partial charge in [0.15, 0.2) is 22.4 Å². The van der Waals surface area contributed by atoms with Crippen LogP contribution in [0.2, 0.25) is 0 Å². The molecule has 0 saturated carbocycles. The van der Waals surface area contributed by atoms with E-state index in [0.717, 1.165) is 22.3 Å². The minimum absolute atomic E-state index is 0.0104. The van der Waals surface area contributed by atoms with Crippen LogP contribution >= 0.6 is 23.1 Å². The van der Waals surface area contributed by atoms with E-state index in [9.17, 15) is 49.3 Å². The molecule has 5 rings (SSSR count). The van der Waals surface area contributed by atoms with Crippen molar-refractivity contribution in [3.05, 3.63) is 63.0 Å². The number of carbonyl (C=O) groups excluding carboxylic acids is 3. The lowest BCUT2D eigenvalue weighted by molar-refractivity contribution is -0.691. The summed E-state index contributed by atoms with van der Waals surface area (Å²) in [5.74, 6) is -5.94. The molecule has 21 nitrogen and oxygen atoms in total. The molecule has 23 heteroatoms. The van der Waals surface area contributed by atoms with E-state index in [1.807, 2.05) is 0 Å². The first-order valence-electron chi connectivity index (χ1n) is 15.4. The second kappa shape index (κ2) is 15.2. The second-order valence-electron chi connectivity index (χ2n) is 12.1. The molecule has 53 heavy (non-hydrogen) atoms. The number of carbonyl (C=O) groups is 5. The smallest absolute Gasteiger partial charge is 0.352 e. The van der Waals surface area contributed by atoms with E-state index in [2.05, 4.69) is 25.8 Å². The van der Waals surface area contributed by atoms with Gasteiger partial charge in [-0.15, -0.1) is 23.1 Å². The summed E-state index contributed by atoms with van der Waals surface area (Å²) in [7, 11) is 0. The van der Waals surface area contributed by atoms with E-state index in [1.165, 1.54) is 48.1 Å². The van der Waals surface area contributed by atoms with E-state index in [-0.39, 0.29) is 71.2 Å². The standard InChI is InChI=1S/C30H32N10O11S2/c1-30(2,28(48)49)51-37-21(16-11-53-29(32)36-16)19(42)5-14-25(45)40-22(27(46)47)13(10-52-26(14)40)7-38-8-15(31)23(35-12-38)33-3-4-34-24(44)17-6-18(41)20(43)9-39(17)50/h6,8-9,11-12,14,26,50H,3-5,7,10,31H2,1-2H3,(H6,32,34,36,43,44,46,47,48,49)/p+1/b37-21-/t14-,26?/m1/s1. The van der Waals surface area contributed by atoms with Crippen LogP contribution in [0.4, 0.5) is 16.6 Å². The SMILES string of the molecule is CC(C)(O/N=C(\C(=O)C[C@@H]1C(=O)N2C(C(=O)O)=C(C[n+]3cnc(NCCNC(=O)c4cc(=O)c(O)cn4O)c(N)c3)CSC12)c1csc(N)n1)C(=O)O. The van der Waals surface area contributed by atoms with Gasteiger partial charge in [-0.3, -0.25) is 24.1 Å². The summed E-state index contributed by atoms with van der Waals surface area (Å²) in [5.41, 5.74) is 8.90. The van der Waals surface area contributed by atoms with Gasteiger partial charge in [-0.1, -0.05) is 5.16 Å². The van der Waals surface area contributed by atoms with Gasteiger partial charge in [-0.25, -0.2) is 19.1 Å². The second-order valence-corrected chi connectivity index (χ2v) is 14.1. The molecule has 0 bridgehead atoms. The monoisotopic (exact) mass is 773 g/mol. The highest BCUT2D eigenvalue weighted by Crippen LogP contribution is 2.45. The highest BCUT2D eigenvalue weighted by Gasteiger charge is 2.54. The Hall–Kier alpha value is -6.23. The lowest BCUT2D eigenvalue weighted by Gasteiger charge is -2.49. The van der Waals surface area contributed by atoms with E-state index in [1.54, 1.807) is 0 Å². The number of pyridine rings is 1. The van der Waals surface area contributed by atoms with Crippen LogP contribution in [0.3, 0.4) is 0 Å². The lowest BCUT2D eigenvalue weighted by atomic mass is 9.89. The largest absolute Gasteiger partial charge is 0.503 e. The molecule has 2 aliphatic heterocycles. The molecule has 2 atom stereocenters. The number of thioether (sulfide) groups is 1. The zero-order valence-corrected chi connectivity index (χ0v) is 29.5. The summed E-state index contributed by atoms with van der Waals surface area (Å²) in [6.45, 7) is 2.64. The van der Waals surface area contributed by atoms with Gasteiger partial charge in [0.05, 0.1) is 17.5 Å². The van der Waals surface area contributed by atoms with Crippen molar-refractivity contribution < 1.29 is 53.9 Å². The van der Waals surface area contributed by atoms with E-state index in [0.29, 0.717) is 16.5 Å². The quantitative estimate of drug-likeness (QED) is 0.0230. The van der Waals surface area contributed by atoms with Crippen molar-refractivity contribution in [1.82, 2.24) is 24.9 Å². The van der Waals surface area contributed by atoms with Gasteiger partial charge in [0.25, 0.3) is 18.1 Å². The number of nitrogens with two attached hydrogens (primary N) is 2. The Labute approximate surface area is 306 Å². The van der Waals surface area contributed by atoms with Crippen molar-refractivity contribution in [2.45, 2.75) is 37.8 Å². The minimum Gasteiger partial charge on any atom is -0.503 e. The molecule has 0 spiro atoms. The molecule has 1 fully saturated rings. The molecule has 1 unspecified atom stereocenters. The molecule has 3 aromatic rings. The number of aromatic nitrogens is 4. The average molecular weight is 774 g/mol. The van der Waals surface area contributed by atoms with Gasteiger partial charge in [0.1, 0.15) is 35.5 Å². The minimum atomic E-state index is -1.78. The van der Waals surface area contributed by atoms with Crippen LogP contribution in [0.25, 0.3) is 0 Å². The van der Waals surface area contributed by atoms with Crippen LogP contribution in [0.1, 0.15) is 36.5 Å². The number of hydrogen-bond acceptors (Lipinski definition) is 17. The number of nitrogens with one attached hydrogen (secondary N) is 2. The Bertz CT molecular complexity index is 2130. The number of aromatic hydroxyl groups is 1. The molecule has 1 saturated heterocycles. The molecular formula is C30H33N10O11S2+. The van der Waals surface area contributed by atoms with Crippen molar-refractivity contribution >= 4 is 75.0 Å². The van der Waals surface area contributed by atoms with Crippen molar-refractivity contribution in [2.75, 3.05) is 35.6 Å². The number of ketones is 1. The fourth-order valence-electron chi connectivity index (χ4n) is 5.14. The first-order valence-corrected chi connectivity index (χ1v) is 17.4. The van der Waals surface area contributed by atoms with Crippen molar-refractivity contribution in [1.29, 1.82) is 0 Å². The number of rotatable bonds is 15. The van der Waals surface area contributed by atoms with Gasteiger partial charge < -0.3 is 47.5 Å². The zero-order valence-electron chi connectivity index (χ0n) is 27.9. The number of nitrogens with zero attached hydrogens (tertiary/aromatic N) is 6. The van der Waals surface area contributed by atoms with Crippen LogP contribution < -0.4 is 32.1 Å². The molecule has 5 heterocycles. The number of aliphatic carboxylic acids is 2. The number of carboxylic acid groups (broad SMARTS) is 2. The molecule has 0 radical (unpaired) electrons. The number of carboxylic acids is 2. The number of hydrogen-bond donors (Lipinski definition) is 8. The number of amides is 2. The van der Waals surface area contributed by atoms with Crippen LogP contribution in [0.5, 0.6) is 5.75 Å². The molecular weight excluding hydrogens is 741 g/mol. The zero-order chi connectivity index (χ0) is 38.8. The maximum atomic E-state index is 13.4. The molecule has 2 amide bonds. The molecule has 280 valence electrons. The molecule has 0 aromatic carbocycles. The maximum absolute atomic E-state index is 13.4. The highest BCUT2D eigenvalue weighted by atomic mass is 32.2. The number of thiazole rings is 1. The van der Waals surface area contributed by atoms with Crippen molar-refractivity contribution in [3.8, 4) is 5.75 Å². The molecule has 10 N–H and O–H groups in total. The Morgan fingerprint density at radius 3 is 2.57 bits per heavy atom. The number of fused-ring (bicyclic) bond motifs is 1. The van der Waals surface area contributed by atoms with Crippen LogP contribution in [-0.2, 0) is 30.6 Å². The molecule has 0 aliphatic carbocycles. The fourth-order valence-corrected chi connectivity index (χ4v) is 7.09. The number of β-lactam (4-membered cyclic amide) rings is 1. The van der Waals surface area contributed by atoms with Crippen molar-refractivity contribution in [3.63, 3.8) is 0 Å². The van der Waals surface area contributed by atoms with Gasteiger partial charge in [0, 0.05) is 42.3 Å². The van der Waals surface area contributed by atoms with Gasteiger partial charge in [-0.2, -0.15) is 4.73 Å². The third kappa shape index (κ3) is 8.14. The van der Waals surface area contributed by atoms with Gasteiger partial charge >= 0.3 is 11.9 Å². The molecule has 3 aromatic heterocycles. The highest BCUT2D eigenvalue weighted by molar-refractivity contribution is 8.00. The lowest BCUT2D eigenvalue weighted by Crippen LogP contribution is -2.62. The summed E-state index contributed by atoms with van der Waals surface area (Å²) in [5, 5.41) is 48.7. The number of Topliss-reactive ketones (excluding diaryl/α,β-unsaturated/α-hetero) is 1. The number of nitrogen functional groups attached to an aromatic ring is 2. The average Bonchev–Trinajstić information content (AvgIpc) is 3.52. The fraction of sp³-hybridized carbons (Fsp3) is 0.333. The van der Waals surface area contributed by atoms with Gasteiger partial charge in [0.2, 0.25) is 16.9 Å². The Morgan fingerprint density at radius 2 is 1.92 bits per heavy atom. The third-order valence-electron chi connectivity index (χ3n) is 7.91. The maximum Gasteiger partial charge on any atom is 0.352 e. The third-order valence-corrected chi connectivity index (χ3v) is 9.98. The number of oxime groups is 1. The topological polar surface area (TPSA) is 319 Å². The Kier molecular flexibility index (Phi) is 10.9. The van der Waals surface area contributed by atoms with E-state index < -0.39 is 57.6 Å². The van der Waals surface area contributed by atoms with Crippen molar-refractivity contribution in [2.24, 2.45) is 11.1 Å². The van der Waals surface area contributed by atoms with Crippen LogP contribution in [0.15, 0.2) is 51.4 Å². The Balaban J connectivity index is 1.22. The summed E-state index contributed by atoms with van der Waals surface area (Å²) < 4.78 is 1.85. The van der Waals surface area contributed by atoms with E-state index in [4.69, 9.17) is 16.3 Å².